The number of hydrogen-bond donors (Lipinski definition) is 0. The van der Waals surface area contributed by atoms with Gasteiger partial charge in [-0.2, -0.15) is 0 Å². The van der Waals surface area contributed by atoms with Crippen LogP contribution in [0.2, 0.25) is 0 Å². The maximum atomic E-state index is 2.63. The quantitative estimate of drug-likeness (QED) is 0.603. The molecular weight excluding hydrogens is 170 g/mol. The zero-order valence-corrected chi connectivity index (χ0v) is 8.79. The molecule has 0 radical (unpaired) electrons. The van der Waals surface area contributed by atoms with Crippen molar-refractivity contribution in [3.8, 4) is 0 Å². The number of aryl methyl sites for hydroxylation is 1. The summed E-state index contributed by atoms with van der Waals surface area (Å²) in [6, 6.07) is 7.57. The summed E-state index contributed by atoms with van der Waals surface area (Å²) in [5.74, 6) is 0. The highest BCUT2D eigenvalue weighted by molar-refractivity contribution is 5.62. The van der Waals surface area contributed by atoms with Gasteiger partial charge in [-0.05, 0) is 49.8 Å². The summed E-state index contributed by atoms with van der Waals surface area (Å²) in [6.45, 7) is 3.53. The third-order valence-electron chi connectivity index (χ3n) is 3.76. The fourth-order valence-electron chi connectivity index (χ4n) is 2.99. The molecule has 1 atom stereocenters. The van der Waals surface area contributed by atoms with Crippen molar-refractivity contribution in [1.29, 1.82) is 0 Å². The van der Waals surface area contributed by atoms with Gasteiger partial charge in [-0.1, -0.05) is 12.1 Å². The predicted molar refractivity (Wildman–Crippen MR) is 59.9 cm³/mol. The van der Waals surface area contributed by atoms with Crippen molar-refractivity contribution in [1.82, 2.24) is 0 Å². The van der Waals surface area contributed by atoms with Crippen molar-refractivity contribution in [2.45, 2.75) is 38.6 Å². The van der Waals surface area contributed by atoms with E-state index in [2.05, 4.69) is 30.0 Å². The zero-order valence-electron chi connectivity index (χ0n) is 8.79. The van der Waals surface area contributed by atoms with Crippen LogP contribution in [-0.4, -0.2) is 12.6 Å². The van der Waals surface area contributed by atoms with Crippen molar-refractivity contribution in [2.75, 3.05) is 11.4 Å². The van der Waals surface area contributed by atoms with Gasteiger partial charge in [0.05, 0.1) is 0 Å². The molecule has 0 saturated carbocycles. The van der Waals surface area contributed by atoms with E-state index in [-0.39, 0.29) is 0 Å². The monoisotopic (exact) mass is 187 g/mol. The van der Waals surface area contributed by atoms with Crippen LogP contribution in [0.4, 0.5) is 5.69 Å². The summed E-state index contributed by atoms with van der Waals surface area (Å²) >= 11 is 0. The second kappa shape index (κ2) is 3.01. The largest absolute Gasteiger partial charge is 0.368 e. The minimum absolute atomic E-state index is 0.819. The van der Waals surface area contributed by atoms with Crippen molar-refractivity contribution in [2.24, 2.45) is 0 Å². The van der Waals surface area contributed by atoms with E-state index in [9.17, 15) is 0 Å². The Morgan fingerprint density at radius 3 is 3.14 bits per heavy atom. The van der Waals surface area contributed by atoms with Gasteiger partial charge in [0.2, 0.25) is 0 Å². The number of benzene rings is 1. The molecule has 1 aromatic rings. The molecule has 2 aliphatic rings. The number of anilines is 1. The lowest BCUT2D eigenvalue weighted by Gasteiger charge is -2.31. The van der Waals surface area contributed by atoms with Gasteiger partial charge in [-0.15, -0.1) is 0 Å². The van der Waals surface area contributed by atoms with E-state index in [0.29, 0.717) is 0 Å². The maximum Gasteiger partial charge on any atom is 0.0404 e. The van der Waals surface area contributed by atoms with Gasteiger partial charge in [0, 0.05) is 18.3 Å². The predicted octanol–water partition coefficient (Wildman–Crippen LogP) is 2.91. The SMILES string of the molecule is Cc1cccc2c1CC1CCCCN21. The molecule has 3 rings (SSSR count). The van der Waals surface area contributed by atoms with Crippen LogP contribution in [0, 0.1) is 6.92 Å². The van der Waals surface area contributed by atoms with Crippen molar-refractivity contribution < 1.29 is 0 Å². The molecule has 1 nitrogen and oxygen atoms in total. The van der Waals surface area contributed by atoms with E-state index in [1.165, 1.54) is 43.5 Å². The Labute approximate surface area is 85.7 Å². The lowest BCUT2D eigenvalue weighted by atomic mass is 10.00. The molecule has 0 aromatic heterocycles. The summed E-state index contributed by atoms with van der Waals surface area (Å²) in [7, 11) is 0. The van der Waals surface area contributed by atoms with E-state index in [0.717, 1.165) is 6.04 Å². The third kappa shape index (κ3) is 1.08. The average Bonchev–Trinajstić information content (AvgIpc) is 2.59. The minimum atomic E-state index is 0.819. The molecule has 1 unspecified atom stereocenters. The fourth-order valence-corrected chi connectivity index (χ4v) is 2.99. The van der Waals surface area contributed by atoms with Crippen LogP contribution in [0.3, 0.4) is 0 Å². The standard InChI is InChI=1S/C13H17N/c1-10-5-4-7-13-12(10)9-11-6-2-3-8-14(11)13/h4-5,7,11H,2-3,6,8-9H2,1H3. The van der Waals surface area contributed by atoms with Crippen molar-refractivity contribution in [3.63, 3.8) is 0 Å². The Morgan fingerprint density at radius 1 is 1.29 bits per heavy atom. The van der Waals surface area contributed by atoms with Crippen LogP contribution < -0.4 is 4.90 Å². The Hall–Kier alpha value is -0.980. The highest BCUT2D eigenvalue weighted by Crippen LogP contribution is 2.38. The van der Waals surface area contributed by atoms with Crippen molar-refractivity contribution in [3.05, 3.63) is 29.3 Å². The van der Waals surface area contributed by atoms with Gasteiger partial charge in [-0.3, -0.25) is 0 Å². The summed E-state index contributed by atoms with van der Waals surface area (Å²) in [5, 5.41) is 0. The molecule has 0 aliphatic carbocycles. The summed E-state index contributed by atoms with van der Waals surface area (Å²) < 4.78 is 0. The Bertz CT molecular complexity index is 356. The van der Waals surface area contributed by atoms with Gasteiger partial charge in [-0.25, -0.2) is 0 Å². The first-order chi connectivity index (χ1) is 6.86. The molecule has 2 aliphatic heterocycles. The molecule has 1 aromatic carbocycles. The normalized spacial score (nSPS) is 24.6. The molecular formula is C13H17N. The van der Waals surface area contributed by atoms with Crippen LogP contribution in [0.1, 0.15) is 30.4 Å². The first kappa shape index (κ1) is 8.34. The molecule has 0 amide bonds. The molecule has 0 spiro atoms. The summed E-state index contributed by atoms with van der Waals surface area (Å²) in [6.07, 6.45) is 5.49. The van der Waals surface area contributed by atoms with E-state index in [1.54, 1.807) is 5.56 Å². The number of hydrogen-bond acceptors (Lipinski definition) is 1. The van der Waals surface area contributed by atoms with E-state index in [4.69, 9.17) is 0 Å². The first-order valence-electron chi connectivity index (χ1n) is 5.71. The Balaban J connectivity index is 2.05. The topological polar surface area (TPSA) is 3.24 Å². The van der Waals surface area contributed by atoms with Crippen LogP contribution in [0.5, 0.6) is 0 Å². The number of nitrogens with zero attached hydrogens (tertiary/aromatic N) is 1. The van der Waals surface area contributed by atoms with Crippen LogP contribution >= 0.6 is 0 Å². The molecule has 0 N–H and O–H groups in total. The summed E-state index contributed by atoms with van der Waals surface area (Å²) in [4.78, 5) is 2.63. The highest BCUT2D eigenvalue weighted by Gasteiger charge is 2.31. The first-order valence-corrected chi connectivity index (χ1v) is 5.71. The molecule has 1 fully saturated rings. The Kier molecular flexibility index (Phi) is 1.79. The molecule has 74 valence electrons. The van der Waals surface area contributed by atoms with Gasteiger partial charge in [0.1, 0.15) is 0 Å². The van der Waals surface area contributed by atoms with Gasteiger partial charge in [0.25, 0.3) is 0 Å². The summed E-state index contributed by atoms with van der Waals surface area (Å²) in [5.41, 5.74) is 4.62. The molecule has 0 bridgehead atoms. The van der Waals surface area contributed by atoms with Gasteiger partial charge < -0.3 is 4.90 Å². The van der Waals surface area contributed by atoms with Crippen LogP contribution in [0.25, 0.3) is 0 Å². The Morgan fingerprint density at radius 2 is 2.21 bits per heavy atom. The van der Waals surface area contributed by atoms with Crippen LogP contribution in [-0.2, 0) is 6.42 Å². The minimum Gasteiger partial charge on any atom is -0.368 e. The molecule has 14 heavy (non-hydrogen) atoms. The second-order valence-corrected chi connectivity index (χ2v) is 4.62. The van der Waals surface area contributed by atoms with Gasteiger partial charge in [0.15, 0.2) is 0 Å². The third-order valence-corrected chi connectivity index (χ3v) is 3.76. The lowest BCUT2D eigenvalue weighted by Crippen LogP contribution is -2.36. The molecule has 2 heterocycles. The van der Waals surface area contributed by atoms with Gasteiger partial charge >= 0.3 is 0 Å². The van der Waals surface area contributed by atoms with E-state index < -0.39 is 0 Å². The zero-order chi connectivity index (χ0) is 9.54. The number of piperidine rings is 1. The molecule has 1 saturated heterocycles. The maximum absolute atomic E-state index is 2.63. The fraction of sp³-hybridized carbons (Fsp3) is 0.538. The van der Waals surface area contributed by atoms with E-state index >= 15 is 0 Å². The van der Waals surface area contributed by atoms with Crippen LogP contribution in [0.15, 0.2) is 18.2 Å². The smallest absolute Gasteiger partial charge is 0.0404 e. The highest BCUT2D eigenvalue weighted by atomic mass is 15.2. The van der Waals surface area contributed by atoms with E-state index in [1.807, 2.05) is 0 Å². The van der Waals surface area contributed by atoms with Crippen molar-refractivity contribution >= 4 is 5.69 Å². The number of rotatable bonds is 0. The average molecular weight is 187 g/mol. The number of fused-ring (bicyclic) bond motifs is 3. The molecule has 1 heteroatoms. The lowest BCUT2D eigenvalue weighted by molar-refractivity contribution is 0.478. The second-order valence-electron chi connectivity index (χ2n) is 4.62.